The average Bonchev–Trinajstić information content (AvgIpc) is 3.46. The highest BCUT2D eigenvalue weighted by atomic mass is 32.1. The topological polar surface area (TPSA) is 18.5 Å². The van der Waals surface area contributed by atoms with Gasteiger partial charge in [0, 0.05) is 26.5 Å². The lowest BCUT2D eigenvalue weighted by Crippen LogP contribution is -2.00. The molecular formula is C26H24O2S2. The van der Waals surface area contributed by atoms with Crippen LogP contribution in [0.3, 0.4) is 0 Å². The average molecular weight is 433 g/mol. The highest BCUT2D eigenvalue weighted by molar-refractivity contribution is 7.14. The van der Waals surface area contributed by atoms with Crippen molar-refractivity contribution in [3.8, 4) is 11.5 Å². The number of benzene rings is 2. The van der Waals surface area contributed by atoms with Gasteiger partial charge in [0.2, 0.25) is 0 Å². The second-order valence-electron chi connectivity index (χ2n) is 6.78. The molecule has 0 atom stereocenters. The number of allylic oxidation sites excluding steroid dienone is 1. The van der Waals surface area contributed by atoms with Gasteiger partial charge < -0.3 is 9.47 Å². The summed E-state index contributed by atoms with van der Waals surface area (Å²) >= 11 is 3.54. The van der Waals surface area contributed by atoms with Crippen LogP contribution in [-0.4, -0.2) is 0 Å². The quantitative estimate of drug-likeness (QED) is 0.268. The zero-order valence-electron chi connectivity index (χ0n) is 16.9. The molecule has 2 aromatic carbocycles. The van der Waals surface area contributed by atoms with Gasteiger partial charge in [-0.3, -0.25) is 0 Å². The fraction of sp³-hybridized carbons (Fsp3) is 0.154. The van der Waals surface area contributed by atoms with Crippen molar-refractivity contribution >= 4 is 28.2 Å². The summed E-state index contributed by atoms with van der Waals surface area (Å²) in [5.41, 5.74) is 3.71. The minimum atomic E-state index is 0.561. The fourth-order valence-electron chi connectivity index (χ4n) is 3.22. The van der Waals surface area contributed by atoms with Crippen LogP contribution >= 0.6 is 22.7 Å². The maximum Gasteiger partial charge on any atom is 0.119 e. The maximum atomic E-state index is 6.03. The van der Waals surface area contributed by atoms with E-state index in [-0.39, 0.29) is 0 Å². The molecule has 0 aliphatic heterocycles. The Morgan fingerprint density at radius 2 is 1.17 bits per heavy atom. The third-order valence-electron chi connectivity index (χ3n) is 4.67. The predicted molar refractivity (Wildman–Crippen MR) is 128 cm³/mol. The van der Waals surface area contributed by atoms with Crippen LogP contribution < -0.4 is 9.47 Å². The van der Waals surface area contributed by atoms with E-state index >= 15 is 0 Å². The van der Waals surface area contributed by atoms with Crippen LogP contribution in [0.5, 0.6) is 11.5 Å². The first-order valence-electron chi connectivity index (χ1n) is 10.0. The molecule has 0 bridgehead atoms. The van der Waals surface area contributed by atoms with Crippen LogP contribution in [0.25, 0.3) is 5.57 Å². The Hall–Kier alpha value is -2.82. The molecule has 0 fully saturated rings. The molecule has 4 heteroatoms. The molecular weight excluding hydrogens is 408 g/mol. The zero-order chi connectivity index (χ0) is 20.6. The van der Waals surface area contributed by atoms with Crippen molar-refractivity contribution in [1.82, 2.24) is 0 Å². The molecule has 152 valence electrons. The summed E-state index contributed by atoms with van der Waals surface area (Å²) in [6.07, 6.45) is 3.29. The van der Waals surface area contributed by atoms with E-state index in [4.69, 9.17) is 9.47 Å². The Balaban J connectivity index is 1.55. The third kappa shape index (κ3) is 5.02. The normalized spacial score (nSPS) is 10.6. The summed E-state index contributed by atoms with van der Waals surface area (Å²) in [5, 5.41) is 4.30. The van der Waals surface area contributed by atoms with E-state index in [1.54, 1.807) is 22.7 Å². The van der Waals surface area contributed by atoms with Gasteiger partial charge in [-0.2, -0.15) is 0 Å². The molecule has 0 amide bonds. The Morgan fingerprint density at radius 1 is 0.700 bits per heavy atom. The molecule has 4 rings (SSSR count). The lowest BCUT2D eigenvalue weighted by molar-refractivity contribution is 0.306. The van der Waals surface area contributed by atoms with Crippen molar-refractivity contribution in [2.24, 2.45) is 0 Å². The number of hydrogen-bond donors (Lipinski definition) is 0. The number of para-hydroxylation sites is 2. The van der Waals surface area contributed by atoms with E-state index in [9.17, 15) is 0 Å². The molecule has 0 saturated carbocycles. The SMILES string of the molecule is CCC=C(c1sccc1COc1ccccc1)c1sccc1COc1ccccc1. The largest absolute Gasteiger partial charge is 0.489 e. The summed E-state index contributed by atoms with van der Waals surface area (Å²) < 4.78 is 12.1. The summed E-state index contributed by atoms with van der Waals surface area (Å²) in [7, 11) is 0. The zero-order valence-corrected chi connectivity index (χ0v) is 18.5. The first kappa shape index (κ1) is 20.5. The second kappa shape index (κ2) is 10.3. The molecule has 0 N–H and O–H groups in total. The van der Waals surface area contributed by atoms with Gasteiger partial charge in [-0.25, -0.2) is 0 Å². The number of hydrogen-bond acceptors (Lipinski definition) is 4. The van der Waals surface area contributed by atoms with E-state index in [0.717, 1.165) is 17.9 Å². The van der Waals surface area contributed by atoms with Gasteiger partial charge in [0.05, 0.1) is 0 Å². The number of thiophene rings is 2. The van der Waals surface area contributed by atoms with Crippen LogP contribution in [0.2, 0.25) is 0 Å². The summed E-state index contributed by atoms with van der Waals surface area (Å²) in [4.78, 5) is 2.55. The number of ether oxygens (including phenoxy) is 2. The van der Waals surface area contributed by atoms with Crippen molar-refractivity contribution in [3.63, 3.8) is 0 Å². The van der Waals surface area contributed by atoms with E-state index in [2.05, 4.69) is 35.9 Å². The monoisotopic (exact) mass is 432 g/mol. The van der Waals surface area contributed by atoms with Gasteiger partial charge in [-0.05, 0) is 53.6 Å². The standard InChI is InChI=1S/C26H24O2S2/c1-2-9-24(25-20(14-16-29-25)18-27-22-10-5-3-6-11-22)26-21(15-17-30-26)19-28-23-12-7-4-8-13-23/h3-17H,2,18-19H2,1H3. The van der Waals surface area contributed by atoms with Gasteiger partial charge in [0.15, 0.2) is 0 Å². The second-order valence-corrected chi connectivity index (χ2v) is 8.61. The fourth-order valence-corrected chi connectivity index (χ4v) is 5.20. The minimum Gasteiger partial charge on any atom is -0.489 e. The lowest BCUT2D eigenvalue weighted by Gasteiger charge is -2.12. The van der Waals surface area contributed by atoms with E-state index < -0.39 is 0 Å². The van der Waals surface area contributed by atoms with E-state index in [0.29, 0.717) is 13.2 Å². The van der Waals surface area contributed by atoms with Crippen molar-refractivity contribution in [2.45, 2.75) is 26.6 Å². The van der Waals surface area contributed by atoms with Crippen LogP contribution in [0, 0.1) is 0 Å². The summed E-state index contributed by atoms with van der Waals surface area (Å²) in [5.74, 6) is 1.78. The Bertz CT molecular complexity index is 995. The predicted octanol–water partition coefficient (Wildman–Crippen LogP) is 7.81. The third-order valence-corrected chi connectivity index (χ3v) is 6.65. The molecule has 4 aromatic rings. The smallest absolute Gasteiger partial charge is 0.119 e. The molecule has 0 aliphatic carbocycles. The Labute approximate surface area is 186 Å². The van der Waals surface area contributed by atoms with Gasteiger partial charge in [0.25, 0.3) is 0 Å². The molecule has 30 heavy (non-hydrogen) atoms. The molecule has 0 saturated heterocycles. The lowest BCUT2D eigenvalue weighted by atomic mass is 10.0. The van der Waals surface area contributed by atoms with Crippen molar-refractivity contribution in [3.05, 3.63) is 111 Å². The Morgan fingerprint density at radius 3 is 1.60 bits per heavy atom. The van der Waals surface area contributed by atoms with Crippen LogP contribution in [0.15, 0.2) is 89.6 Å². The highest BCUT2D eigenvalue weighted by Crippen LogP contribution is 2.37. The minimum absolute atomic E-state index is 0.561. The van der Waals surface area contributed by atoms with Gasteiger partial charge in [-0.1, -0.05) is 49.4 Å². The van der Waals surface area contributed by atoms with E-state index in [1.807, 2.05) is 60.7 Å². The van der Waals surface area contributed by atoms with Gasteiger partial charge in [-0.15, -0.1) is 22.7 Å². The highest BCUT2D eigenvalue weighted by Gasteiger charge is 2.17. The molecule has 0 spiro atoms. The molecule has 0 radical (unpaired) electrons. The Kier molecular flexibility index (Phi) is 7.01. The first-order valence-corrected chi connectivity index (χ1v) is 11.8. The van der Waals surface area contributed by atoms with Crippen molar-refractivity contribution in [1.29, 1.82) is 0 Å². The van der Waals surface area contributed by atoms with Crippen molar-refractivity contribution in [2.75, 3.05) is 0 Å². The molecule has 0 aliphatic rings. The maximum absolute atomic E-state index is 6.03. The summed E-state index contributed by atoms with van der Waals surface area (Å²) in [6, 6.07) is 24.3. The van der Waals surface area contributed by atoms with Gasteiger partial charge in [0.1, 0.15) is 24.7 Å². The summed E-state index contributed by atoms with van der Waals surface area (Å²) in [6.45, 7) is 3.30. The van der Waals surface area contributed by atoms with Gasteiger partial charge >= 0.3 is 0 Å². The van der Waals surface area contributed by atoms with Crippen LogP contribution in [-0.2, 0) is 13.2 Å². The van der Waals surface area contributed by atoms with Crippen LogP contribution in [0.4, 0.5) is 0 Å². The molecule has 2 heterocycles. The first-order chi connectivity index (χ1) is 14.8. The molecule has 2 nitrogen and oxygen atoms in total. The number of rotatable bonds is 9. The van der Waals surface area contributed by atoms with E-state index in [1.165, 1.54) is 26.5 Å². The molecule has 2 aromatic heterocycles. The molecule has 0 unspecified atom stereocenters. The van der Waals surface area contributed by atoms with Crippen LogP contribution in [0.1, 0.15) is 34.2 Å². The van der Waals surface area contributed by atoms with Crippen molar-refractivity contribution < 1.29 is 9.47 Å².